The van der Waals surface area contributed by atoms with Crippen molar-refractivity contribution >= 4 is 6.03 Å². The van der Waals surface area contributed by atoms with E-state index in [-0.39, 0.29) is 12.1 Å². The summed E-state index contributed by atoms with van der Waals surface area (Å²) < 4.78 is 5.45. The number of amides is 2. The van der Waals surface area contributed by atoms with E-state index in [2.05, 4.69) is 17.4 Å². The van der Waals surface area contributed by atoms with Gasteiger partial charge in [0.1, 0.15) is 5.76 Å². The Morgan fingerprint density at radius 1 is 1.24 bits per heavy atom. The predicted molar refractivity (Wildman–Crippen MR) is 80.9 cm³/mol. The SMILES string of the molecule is O=C(NCCc1ccccc1)N1CCC[C@@H]1c1ccco1. The normalized spacial score (nSPS) is 17.9. The van der Waals surface area contributed by atoms with Gasteiger partial charge in [0.15, 0.2) is 0 Å². The zero-order valence-electron chi connectivity index (χ0n) is 12.0. The van der Waals surface area contributed by atoms with Gasteiger partial charge in [0.05, 0.1) is 12.3 Å². The molecular formula is C17H20N2O2. The molecule has 4 nitrogen and oxygen atoms in total. The van der Waals surface area contributed by atoms with Gasteiger partial charge in [0.25, 0.3) is 0 Å². The second kappa shape index (κ2) is 6.48. The average Bonchev–Trinajstić information content (AvgIpc) is 3.19. The Morgan fingerprint density at radius 3 is 2.86 bits per heavy atom. The third kappa shape index (κ3) is 3.27. The molecule has 110 valence electrons. The number of hydrogen-bond donors (Lipinski definition) is 1. The number of nitrogens with one attached hydrogen (secondary N) is 1. The molecule has 1 aliphatic rings. The summed E-state index contributed by atoms with van der Waals surface area (Å²) in [6.07, 6.45) is 4.52. The highest BCUT2D eigenvalue weighted by Crippen LogP contribution is 2.31. The van der Waals surface area contributed by atoms with Crippen molar-refractivity contribution in [3.05, 3.63) is 60.1 Å². The molecule has 2 heterocycles. The molecule has 1 fully saturated rings. The minimum Gasteiger partial charge on any atom is -0.467 e. The van der Waals surface area contributed by atoms with Crippen molar-refractivity contribution in [3.8, 4) is 0 Å². The highest BCUT2D eigenvalue weighted by molar-refractivity contribution is 5.75. The number of benzene rings is 1. The second-order valence-electron chi connectivity index (χ2n) is 5.33. The van der Waals surface area contributed by atoms with Crippen LogP contribution in [0.1, 0.15) is 30.2 Å². The first-order valence-electron chi connectivity index (χ1n) is 7.46. The quantitative estimate of drug-likeness (QED) is 0.935. The Bertz CT molecular complexity index is 566. The van der Waals surface area contributed by atoms with Crippen molar-refractivity contribution in [2.24, 2.45) is 0 Å². The molecule has 3 rings (SSSR count). The first kappa shape index (κ1) is 13.7. The molecule has 1 aromatic carbocycles. The van der Waals surface area contributed by atoms with Gasteiger partial charge in [-0.15, -0.1) is 0 Å². The first-order chi connectivity index (χ1) is 10.3. The van der Waals surface area contributed by atoms with Crippen molar-refractivity contribution in [3.63, 3.8) is 0 Å². The van der Waals surface area contributed by atoms with Crippen LogP contribution < -0.4 is 5.32 Å². The first-order valence-corrected chi connectivity index (χ1v) is 7.46. The van der Waals surface area contributed by atoms with Gasteiger partial charge < -0.3 is 14.6 Å². The van der Waals surface area contributed by atoms with E-state index >= 15 is 0 Å². The average molecular weight is 284 g/mol. The number of nitrogens with zero attached hydrogens (tertiary/aromatic N) is 1. The van der Waals surface area contributed by atoms with Gasteiger partial charge in [-0.25, -0.2) is 4.79 Å². The summed E-state index contributed by atoms with van der Waals surface area (Å²) in [6, 6.07) is 14.1. The number of rotatable bonds is 4. The van der Waals surface area contributed by atoms with E-state index in [4.69, 9.17) is 4.42 Å². The minimum absolute atomic E-state index is 0.00447. The largest absolute Gasteiger partial charge is 0.467 e. The number of likely N-dealkylation sites (tertiary alicyclic amines) is 1. The minimum atomic E-state index is 0.00447. The smallest absolute Gasteiger partial charge is 0.318 e. The summed E-state index contributed by atoms with van der Waals surface area (Å²) in [4.78, 5) is 14.2. The van der Waals surface area contributed by atoms with Crippen LogP contribution in [0.3, 0.4) is 0 Å². The molecule has 0 aliphatic carbocycles. The number of carbonyl (C=O) groups excluding carboxylic acids is 1. The van der Waals surface area contributed by atoms with E-state index in [1.54, 1.807) is 6.26 Å². The van der Waals surface area contributed by atoms with Crippen molar-refractivity contribution in [2.75, 3.05) is 13.1 Å². The Balaban J connectivity index is 1.53. The third-order valence-corrected chi connectivity index (χ3v) is 3.92. The second-order valence-corrected chi connectivity index (χ2v) is 5.33. The molecule has 2 amide bonds. The van der Waals surface area contributed by atoms with Crippen molar-refractivity contribution in [1.82, 2.24) is 10.2 Å². The fourth-order valence-corrected chi connectivity index (χ4v) is 2.85. The molecule has 1 aliphatic heterocycles. The van der Waals surface area contributed by atoms with E-state index in [0.29, 0.717) is 6.54 Å². The fourth-order valence-electron chi connectivity index (χ4n) is 2.85. The topological polar surface area (TPSA) is 45.5 Å². The van der Waals surface area contributed by atoms with Crippen LogP contribution in [0.2, 0.25) is 0 Å². The van der Waals surface area contributed by atoms with Crippen LogP contribution in [-0.4, -0.2) is 24.0 Å². The van der Waals surface area contributed by atoms with Crippen LogP contribution in [0.5, 0.6) is 0 Å². The molecular weight excluding hydrogens is 264 g/mol. The molecule has 1 aromatic heterocycles. The van der Waals surface area contributed by atoms with E-state index < -0.39 is 0 Å². The zero-order valence-corrected chi connectivity index (χ0v) is 12.0. The van der Waals surface area contributed by atoms with Crippen LogP contribution in [0, 0.1) is 0 Å². The van der Waals surface area contributed by atoms with Crippen LogP contribution in [0.25, 0.3) is 0 Å². The Morgan fingerprint density at radius 2 is 2.10 bits per heavy atom. The lowest BCUT2D eigenvalue weighted by molar-refractivity contribution is 0.186. The molecule has 0 bridgehead atoms. The summed E-state index contributed by atoms with van der Waals surface area (Å²) in [5.74, 6) is 0.880. The molecule has 1 N–H and O–H groups in total. The summed E-state index contributed by atoms with van der Waals surface area (Å²) in [5.41, 5.74) is 1.24. The van der Waals surface area contributed by atoms with E-state index in [0.717, 1.165) is 31.6 Å². The Hall–Kier alpha value is -2.23. The number of furan rings is 1. The van der Waals surface area contributed by atoms with Crippen LogP contribution in [-0.2, 0) is 6.42 Å². The lowest BCUT2D eigenvalue weighted by Gasteiger charge is -2.23. The summed E-state index contributed by atoms with van der Waals surface area (Å²) in [7, 11) is 0. The molecule has 1 atom stereocenters. The molecule has 0 saturated carbocycles. The fraction of sp³-hybridized carbons (Fsp3) is 0.353. The monoisotopic (exact) mass is 284 g/mol. The third-order valence-electron chi connectivity index (χ3n) is 3.92. The van der Waals surface area contributed by atoms with Crippen LogP contribution >= 0.6 is 0 Å². The van der Waals surface area contributed by atoms with E-state index in [1.807, 2.05) is 35.2 Å². The molecule has 2 aromatic rings. The van der Waals surface area contributed by atoms with Gasteiger partial charge in [-0.05, 0) is 37.0 Å². The predicted octanol–water partition coefficient (Wildman–Crippen LogP) is 3.37. The standard InChI is InChI=1S/C17H20N2O2/c20-17(18-11-10-14-6-2-1-3-7-14)19-12-4-8-15(19)16-9-5-13-21-16/h1-3,5-7,9,13,15H,4,8,10-12H2,(H,18,20)/t15-/m1/s1. The zero-order chi connectivity index (χ0) is 14.5. The van der Waals surface area contributed by atoms with Gasteiger partial charge in [0.2, 0.25) is 0 Å². The molecule has 0 unspecified atom stereocenters. The number of urea groups is 1. The van der Waals surface area contributed by atoms with Gasteiger partial charge in [-0.3, -0.25) is 0 Å². The summed E-state index contributed by atoms with van der Waals surface area (Å²) in [5, 5.41) is 3.01. The van der Waals surface area contributed by atoms with E-state index in [9.17, 15) is 4.79 Å². The number of hydrogen-bond acceptors (Lipinski definition) is 2. The van der Waals surface area contributed by atoms with E-state index in [1.165, 1.54) is 5.56 Å². The summed E-state index contributed by atoms with van der Waals surface area (Å²) >= 11 is 0. The molecule has 21 heavy (non-hydrogen) atoms. The molecule has 0 spiro atoms. The van der Waals surface area contributed by atoms with Crippen LogP contribution in [0.4, 0.5) is 4.79 Å². The maximum Gasteiger partial charge on any atom is 0.318 e. The van der Waals surface area contributed by atoms with Gasteiger partial charge in [-0.1, -0.05) is 30.3 Å². The highest BCUT2D eigenvalue weighted by atomic mass is 16.3. The van der Waals surface area contributed by atoms with Crippen molar-refractivity contribution in [1.29, 1.82) is 0 Å². The molecule has 0 radical (unpaired) electrons. The Kier molecular flexibility index (Phi) is 4.24. The number of carbonyl (C=O) groups is 1. The lowest BCUT2D eigenvalue weighted by Crippen LogP contribution is -2.40. The van der Waals surface area contributed by atoms with Gasteiger partial charge >= 0.3 is 6.03 Å². The van der Waals surface area contributed by atoms with Crippen molar-refractivity contribution < 1.29 is 9.21 Å². The Labute approximate surface area is 124 Å². The lowest BCUT2D eigenvalue weighted by atomic mass is 10.1. The summed E-state index contributed by atoms with van der Waals surface area (Å²) in [6.45, 7) is 1.45. The van der Waals surface area contributed by atoms with Crippen molar-refractivity contribution in [2.45, 2.75) is 25.3 Å². The van der Waals surface area contributed by atoms with Gasteiger partial charge in [0, 0.05) is 13.1 Å². The van der Waals surface area contributed by atoms with Gasteiger partial charge in [-0.2, -0.15) is 0 Å². The molecule has 4 heteroatoms. The highest BCUT2D eigenvalue weighted by Gasteiger charge is 2.31. The maximum absolute atomic E-state index is 12.3. The molecule has 1 saturated heterocycles. The maximum atomic E-state index is 12.3. The van der Waals surface area contributed by atoms with Crippen LogP contribution in [0.15, 0.2) is 53.1 Å².